The number of rotatable bonds is 16. The van der Waals surface area contributed by atoms with Crippen LogP contribution in [0.1, 0.15) is 55.7 Å². The number of unbranched alkanes of at least 4 members (excludes halogenated alkanes) is 4. The number of nitrogens with one attached hydrogen (secondary N) is 1. The first kappa shape index (κ1) is 27.2. The predicted octanol–water partition coefficient (Wildman–Crippen LogP) is 6.17. The summed E-state index contributed by atoms with van der Waals surface area (Å²) in [6, 6.07) is 14.2. The fraction of sp³-hybridized carbons (Fsp3) is 0.480. The largest absolute Gasteiger partial charge is 0.375 e. The standard InChI is InChI=1S/C25H35ClN4O2S/c1-29(18-9-5-3-4-7-17-28-25(33-2)20-30(31)32)19-15-23(24-10-6-8-16-27-24)21-11-13-22(26)14-12-21/h6,8,10-14,16,20,23,28H,3-5,7,9,15,17-19H2,1-2H3. The Bertz CT molecular complexity index is 849. The van der Waals surface area contributed by atoms with E-state index in [0.29, 0.717) is 5.03 Å². The molecular formula is C25H35ClN4O2S. The Morgan fingerprint density at radius 3 is 2.55 bits per heavy atom. The Hall–Kier alpha value is -2.09. The molecule has 2 aromatic rings. The normalized spacial score (nSPS) is 12.7. The second-order valence-corrected chi connectivity index (χ2v) is 9.41. The van der Waals surface area contributed by atoms with Gasteiger partial charge in [0, 0.05) is 29.4 Å². The minimum absolute atomic E-state index is 0.258. The van der Waals surface area contributed by atoms with E-state index in [9.17, 15) is 10.1 Å². The number of benzene rings is 1. The molecule has 33 heavy (non-hydrogen) atoms. The summed E-state index contributed by atoms with van der Waals surface area (Å²) in [6.07, 6.45) is 11.5. The van der Waals surface area contributed by atoms with Gasteiger partial charge in [-0.25, -0.2) is 0 Å². The van der Waals surface area contributed by atoms with E-state index in [0.717, 1.165) is 55.8 Å². The number of hydrogen-bond donors (Lipinski definition) is 1. The van der Waals surface area contributed by atoms with Crippen molar-refractivity contribution >= 4 is 23.4 Å². The topological polar surface area (TPSA) is 71.3 Å². The van der Waals surface area contributed by atoms with E-state index in [-0.39, 0.29) is 5.92 Å². The third-order valence-corrected chi connectivity index (χ3v) is 6.52. The van der Waals surface area contributed by atoms with Crippen LogP contribution in [0.2, 0.25) is 5.02 Å². The van der Waals surface area contributed by atoms with E-state index >= 15 is 0 Å². The maximum absolute atomic E-state index is 10.5. The lowest BCUT2D eigenvalue weighted by Gasteiger charge is -2.22. The molecule has 0 aliphatic heterocycles. The van der Waals surface area contributed by atoms with Crippen molar-refractivity contribution in [1.82, 2.24) is 15.2 Å². The molecule has 2 rings (SSSR count). The summed E-state index contributed by atoms with van der Waals surface area (Å²) < 4.78 is 0. The quantitative estimate of drug-likeness (QED) is 0.172. The molecule has 0 saturated heterocycles. The molecule has 1 atom stereocenters. The molecule has 0 bridgehead atoms. The van der Waals surface area contributed by atoms with E-state index in [1.165, 1.54) is 36.6 Å². The number of thioether (sulfide) groups is 1. The fourth-order valence-electron chi connectivity index (χ4n) is 3.74. The number of aromatic nitrogens is 1. The minimum Gasteiger partial charge on any atom is -0.375 e. The van der Waals surface area contributed by atoms with Gasteiger partial charge in [-0.15, -0.1) is 11.8 Å². The summed E-state index contributed by atoms with van der Waals surface area (Å²) in [5.41, 5.74) is 2.34. The van der Waals surface area contributed by atoms with Crippen LogP contribution < -0.4 is 5.32 Å². The number of pyridine rings is 1. The zero-order chi connectivity index (χ0) is 23.9. The highest BCUT2D eigenvalue weighted by Crippen LogP contribution is 2.27. The summed E-state index contributed by atoms with van der Waals surface area (Å²) in [6.45, 7) is 2.87. The number of nitro groups is 1. The molecule has 0 saturated carbocycles. The number of hydrogen-bond acceptors (Lipinski definition) is 6. The molecule has 0 radical (unpaired) electrons. The van der Waals surface area contributed by atoms with Crippen LogP contribution in [0.5, 0.6) is 0 Å². The number of halogens is 1. The van der Waals surface area contributed by atoms with Gasteiger partial charge >= 0.3 is 0 Å². The lowest BCUT2D eigenvalue weighted by Crippen LogP contribution is -2.23. The van der Waals surface area contributed by atoms with Crippen LogP contribution in [-0.4, -0.2) is 47.7 Å². The minimum atomic E-state index is -0.413. The summed E-state index contributed by atoms with van der Waals surface area (Å²) in [5.74, 6) is 0.258. The monoisotopic (exact) mass is 490 g/mol. The van der Waals surface area contributed by atoms with E-state index in [1.54, 1.807) is 0 Å². The molecule has 1 aromatic carbocycles. The average Bonchev–Trinajstić information content (AvgIpc) is 2.81. The van der Waals surface area contributed by atoms with Crippen LogP contribution in [0.3, 0.4) is 0 Å². The van der Waals surface area contributed by atoms with Crippen LogP contribution in [0.4, 0.5) is 0 Å². The summed E-state index contributed by atoms with van der Waals surface area (Å²) in [4.78, 5) is 17.1. The molecule has 0 aliphatic carbocycles. The summed E-state index contributed by atoms with van der Waals surface area (Å²) in [7, 11) is 2.19. The first-order valence-electron chi connectivity index (χ1n) is 11.5. The van der Waals surface area contributed by atoms with Gasteiger partial charge in [-0.2, -0.15) is 0 Å². The summed E-state index contributed by atoms with van der Waals surface area (Å²) in [5, 5.41) is 15.0. The maximum atomic E-state index is 10.5. The second kappa shape index (κ2) is 15.7. The van der Waals surface area contributed by atoms with Gasteiger partial charge in [-0.3, -0.25) is 15.1 Å². The van der Waals surface area contributed by atoms with Crippen LogP contribution in [-0.2, 0) is 0 Å². The van der Waals surface area contributed by atoms with Gasteiger partial charge in [0.25, 0.3) is 6.20 Å². The fourth-order valence-corrected chi connectivity index (χ4v) is 4.30. The van der Waals surface area contributed by atoms with Gasteiger partial charge in [0.1, 0.15) is 5.03 Å². The van der Waals surface area contributed by atoms with E-state index < -0.39 is 4.92 Å². The van der Waals surface area contributed by atoms with Crippen LogP contribution in [0, 0.1) is 10.1 Å². The number of nitrogens with zero attached hydrogens (tertiary/aromatic N) is 3. The Kier molecular flexibility index (Phi) is 12.9. The van der Waals surface area contributed by atoms with Crippen molar-refractivity contribution in [3.63, 3.8) is 0 Å². The van der Waals surface area contributed by atoms with Crippen molar-refractivity contribution in [3.05, 3.63) is 86.3 Å². The van der Waals surface area contributed by atoms with Crippen molar-refractivity contribution in [1.29, 1.82) is 0 Å². The molecule has 180 valence electrons. The molecule has 0 aliphatic rings. The molecule has 1 N–H and O–H groups in total. The molecule has 1 unspecified atom stereocenters. The molecule has 1 aromatic heterocycles. The van der Waals surface area contributed by atoms with E-state index in [2.05, 4.69) is 40.4 Å². The molecule has 6 nitrogen and oxygen atoms in total. The third kappa shape index (κ3) is 11.1. The van der Waals surface area contributed by atoms with Crippen LogP contribution >= 0.6 is 23.4 Å². The van der Waals surface area contributed by atoms with Gasteiger partial charge in [0.2, 0.25) is 0 Å². The van der Waals surface area contributed by atoms with Gasteiger partial charge in [-0.1, -0.05) is 49.1 Å². The smallest absolute Gasteiger partial charge is 0.263 e. The second-order valence-electron chi connectivity index (χ2n) is 8.13. The van der Waals surface area contributed by atoms with Crippen molar-refractivity contribution in [3.8, 4) is 0 Å². The van der Waals surface area contributed by atoms with Crippen molar-refractivity contribution in [2.45, 2.75) is 44.4 Å². The van der Waals surface area contributed by atoms with Crippen molar-refractivity contribution in [2.75, 3.05) is 32.9 Å². The highest BCUT2D eigenvalue weighted by Gasteiger charge is 2.16. The molecular weight excluding hydrogens is 456 g/mol. The molecule has 8 heteroatoms. The maximum Gasteiger partial charge on any atom is 0.263 e. The Morgan fingerprint density at radius 1 is 1.15 bits per heavy atom. The zero-order valence-electron chi connectivity index (χ0n) is 19.6. The Labute approximate surface area is 207 Å². The zero-order valence-corrected chi connectivity index (χ0v) is 21.2. The first-order valence-corrected chi connectivity index (χ1v) is 13.1. The SMILES string of the molecule is CSC(=C[N+](=O)[O-])NCCCCCCCN(C)CCC(c1ccc(Cl)cc1)c1ccccn1. The predicted molar refractivity (Wildman–Crippen MR) is 139 cm³/mol. The molecule has 0 fully saturated rings. The van der Waals surface area contributed by atoms with Gasteiger partial charge in [-0.05, 0) is 75.5 Å². The van der Waals surface area contributed by atoms with Crippen LogP contribution in [0.15, 0.2) is 59.9 Å². The first-order chi connectivity index (χ1) is 16.0. The van der Waals surface area contributed by atoms with Gasteiger partial charge < -0.3 is 10.2 Å². The van der Waals surface area contributed by atoms with Gasteiger partial charge in [0.05, 0.1) is 4.92 Å². The molecule has 0 spiro atoms. The highest BCUT2D eigenvalue weighted by molar-refractivity contribution is 8.02. The van der Waals surface area contributed by atoms with Gasteiger partial charge in [0.15, 0.2) is 0 Å². The third-order valence-electron chi connectivity index (χ3n) is 5.58. The average molecular weight is 491 g/mol. The Morgan fingerprint density at radius 2 is 1.88 bits per heavy atom. The Balaban J connectivity index is 1.66. The van der Waals surface area contributed by atoms with Crippen molar-refractivity contribution < 1.29 is 4.92 Å². The lowest BCUT2D eigenvalue weighted by molar-refractivity contribution is -0.403. The summed E-state index contributed by atoms with van der Waals surface area (Å²) >= 11 is 7.45. The molecule has 1 heterocycles. The van der Waals surface area contributed by atoms with E-state index in [4.69, 9.17) is 11.6 Å². The highest BCUT2D eigenvalue weighted by atomic mass is 35.5. The van der Waals surface area contributed by atoms with Crippen LogP contribution in [0.25, 0.3) is 0 Å². The van der Waals surface area contributed by atoms with E-state index in [1.807, 2.05) is 36.7 Å². The lowest BCUT2D eigenvalue weighted by atomic mass is 9.92. The van der Waals surface area contributed by atoms with Crippen molar-refractivity contribution in [2.24, 2.45) is 0 Å². The molecule has 0 amide bonds.